The fourth-order valence-electron chi connectivity index (χ4n) is 2.63. The van der Waals surface area contributed by atoms with Crippen molar-refractivity contribution in [1.82, 2.24) is 5.32 Å². The molecule has 1 N–H and O–H groups in total. The molecule has 0 aliphatic carbocycles. The first-order valence-corrected chi connectivity index (χ1v) is 7.05. The van der Waals surface area contributed by atoms with E-state index in [2.05, 4.69) is 46.9 Å². The van der Waals surface area contributed by atoms with E-state index in [4.69, 9.17) is 4.74 Å². The van der Waals surface area contributed by atoms with Gasteiger partial charge in [0.15, 0.2) is 0 Å². The first kappa shape index (κ1) is 17.4. The molecule has 108 valence electrons. The van der Waals surface area contributed by atoms with Crippen LogP contribution in [0.4, 0.5) is 0 Å². The van der Waals surface area contributed by atoms with Gasteiger partial charge in [0.05, 0.1) is 6.61 Å². The lowest BCUT2D eigenvalue weighted by atomic mass is 9.81. The van der Waals surface area contributed by atoms with Crippen LogP contribution >= 0.6 is 0 Å². The van der Waals surface area contributed by atoms with Crippen LogP contribution in [0.25, 0.3) is 0 Å². The molecule has 0 saturated carbocycles. The van der Waals surface area contributed by atoms with Gasteiger partial charge in [-0.3, -0.25) is 10.1 Å². The highest BCUT2D eigenvalue weighted by Gasteiger charge is 2.30. The van der Waals surface area contributed by atoms with Gasteiger partial charge in [0, 0.05) is 5.54 Å². The second-order valence-corrected chi connectivity index (χ2v) is 6.86. The van der Waals surface area contributed by atoms with Gasteiger partial charge in [0.1, 0.15) is 6.04 Å². The molecular formula is C15H31NO2. The second kappa shape index (κ2) is 7.13. The van der Waals surface area contributed by atoms with E-state index in [1.54, 1.807) is 0 Å². The number of nitrogens with one attached hydrogen (secondary N) is 1. The van der Waals surface area contributed by atoms with E-state index in [9.17, 15) is 4.79 Å². The molecule has 0 spiro atoms. The fraction of sp³-hybridized carbons (Fsp3) is 0.933. The quantitative estimate of drug-likeness (QED) is 0.709. The maximum atomic E-state index is 11.9. The average molecular weight is 257 g/mol. The number of carbonyl (C=O) groups is 1. The van der Waals surface area contributed by atoms with Crippen LogP contribution in [0.3, 0.4) is 0 Å². The molecule has 1 atom stereocenters. The number of ether oxygens (including phenoxy) is 1. The Balaban J connectivity index is 4.60. The van der Waals surface area contributed by atoms with Crippen molar-refractivity contribution in [2.24, 2.45) is 5.41 Å². The molecule has 0 fully saturated rings. The summed E-state index contributed by atoms with van der Waals surface area (Å²) in [6.45, 7) is 15.3. The van der Waals surface area contributed by atoms with E-state index in [0.29, 0.717) is 6.61 Å². The van der Waals surface area contributed by atoms with Crippen molar-refractivity contribution in [3.05, 3.63) is 0 Å². The van der Waals surface area contributed by atoms with Crippen molar-refractivity contribution in [1.29, 1.82) is 0 Å². The molecule has 0 bridgehead atoms. The van der Waals surface area contributed by atoms with Crippen LogP contribution in [-0.4, -0.2) is 24.2 Å². The van der Waals surface area contributed by atoms with Crippen LogP contribution in [0, 0.1) is 5.41 Å². The highest BCUT2D eigenvalue weighted by atomic mass is 16.5. The lowest BCUT2D eigenvalue weighted by Gasteiger charge is -2.36. The Kier molecular flexibility index (Phi) is 6.90. The highest BCUT2D eigenvalue weighted by molar-refractivity contribution is 5.75. The lowest BCUT2D eigenvalue weighted by Crippen LogP contribution is -2.51. The average Bonchev–Trinajstić information content (AvgIpc) is 2.13. The predicted molar refractivity (Wildman–Crippen MR) is 76.6 cm³/mol. The largest absolute Gasteiger partial charge is 0.465 e. The van der Waals surface area contributed by atoms with Crippen molar-refractivity contribution in [2.75, 3.05) is 6.61 Å². The Morgan fingerprint density at radius 3 is 2.11 bits per heavy atom. The zero-order chi connectivity index (χ0) is 14.4. The van der Waals surface area contributed by atoms with Crippen LogP contribution < -0.4 is 5.32 Å². The standard InChI is InChI=1S/C15H31NO2/c1-8-10-12(13(17)18-9-2)16-15(6,7)11-14(3,4)5/h12,16H,8-11H2,1-7H3. The normalized spacial score (nSPS) is 14.4. The van der Waals surface area contributed by atoms with Gasteiger partial charge in [-0.15, -0.1) is 0 Å². The Labute approximate surface area is 113 Å². The predicted octanol–water partition coefficient (Wildman–Crippen LogP) is 3.52. The molecule has 0 aromatic heterocycles. The van der Waals surface area contributed by atoms with Gasteiger partial charge in [-0.1, -0.05) is 34.1 Å². The third-order valence-corrected chi connectivity index (χ3v) is 2.69. The van der Waals surface area contributed by atoms with Gasteiger partial charge in [-0.05, 0) is 39.0 Å². The zero-order valence-electron chi connectivity index (χ0n) is 13.2. The van der Waals surface area contributed by atoms with Crippen LogP contribution in [-0.2, 0) is 9.53 Å². The van der Waals surface area contributed by atoms with Crippen molar-refractivity contribution in [3.63, 3.8) is 0 Å². The zero-order valence-corrected chi connectivity index (χ0v) is 13.2. The van der Waals surface area contributed by atoms with Crippen LogP contribution in [0.1, 0.15) is 67.7 Å². The van der Waals surface area contributed by atoms with E-state index < -0.39 is 0 Å². The molecule has 0 heterocycles. The van der Waals surface area contributed by atoms with Crippen molar-refractivity contribution < 1.29 is 9.53 Å². The van der Waals surface area contributed by atoms with Gasteiger partial charge < -0.3 is 4.74 Å². The van der Waals surface area contributed by atoms with Crippen LogP contribution in [0.5, 0.6) is 0 Å². The SMILES string of the molecule is CCCC(NC(C)(C)CC(C)(C)C)C(=O)OCC. The summed E-state index contributed by atoms with van der Waals surface area (Å²) in [6, 6.07) is -0.188. The Bertz CT molecular complexity index is 254. The first-order chi connectivity index (χ1) is 8.11. The molecule has 0 aliphatic heterocycles. The molecular weight excluding hydrogens is 226 g/mol. The number of rotatable bonds is 7. The molecule has 3 nitrogen and oxygen atoms in total. The van der Waals surface area contributed by atoms with Crippen LogP contribution in [0.2, 0.25) is 0 Å². The van der Waals surface area contributed by atoms with Gasteiger partial charge >= 0.3 is 5.97 Å². The minimum Gasteiger partial charge on any atom is -0.465 e. The summed E-state index contributed by atoms with van der Waals surface area (Å²) < 4.78 is 5.13. The minimum atomic E-state index is -0.188. The number of hydrogen-bond acceptors (Lipinski definition) is 3. The van der Waals surface area contributed by atoms with Gasteiger partial charge in [-0.25, -0.2) is 0 Å². The maximum Gasteiger partial charge on any atom is 0.323 e. The second-order valence-electron chi connectivity index (χ2n) is 6.86. The van der Waals surface area contributed by atoms with Crippen LogP contribution in [0.15, 0.2) is 0 Å². The monoisotopic (exact) mass is 257 g/mol. The summed E-state index contributed by atoms with van der Waals surface area (Å²) in [7, 11) is 0. The van der Waals surface area contributed by atoms with Crippen molar-refractivity contribution >= 4 is 5.97 Å². The highest BCUT2D eigenvalue weighted by Crippen LogP contribution is 2.27. The van der Waals surface area contributed by atoms with Gasteiger partial charge in [-0.2, -0.15) is 0 Å². The third kappa shape index (κ3) is 7.70. The van der Waals surface area contributed by atoms with E-state index in [0.717, 1.165) is 19.3 Å². The maximum absolute atomic E-state index is 11.9. The Morgan fingerprint density at radius 2 is 1.72 bits per heavy atom. The summed E-state index contributed by atoms with van der Waals surface area (Å²) in [6.07, 6.45) is 2.81. The Morgan fingerprint density at radius 1 is 1.17 bits per heavy atom. The number of hydrogen-bond donors (Lipinski definition) is 1. The summed E-state index contributed by atoms with van der Waals surface area (Å²) in [5.41, 5.74) is 0.173. The molecule has 0 rings (SSSR count). The third-order valence-electron chi connectivity index (χ3n) is 2.69. The molecule has 0 amide bonds. The first-order valence-electron chi connectivity index (χ1n) is 7.05. The van der Waals surface area contributed by atoms with E-state index in [1.165, 1.54) is 0 Å². The molecule has 0 aromatic rings. The van der Waals surface area contributed by atoms with Gasteiger partial charge in [0.2, 0.25) is 0 Å². The summed E-state index contributed by atoms with van der Waals surface area (Å²) >= 11 is 0. The number of esters is 1. The molecule has 0 saturated heterocycles. The van der Waals surface area contributed by atoms with E-state index in [1.807, 2.05) is 6.92 Å². The molecule has 1 unspecified atom stereocenters. The topological polar surface area (TPSA) is 38.3 Å². The van der Waals surface area contributed by atoms with E-state index in [-0.39, 0.29) is 23.0 Å². The van der Waals surface area contributed by atoms with Crippen molar-refractivity contribution in [2.45, 2.75) is 79.3 Å². The lowest BCUT2D eigenvalue weighted by molar-refractivity contribution is -0.146. The summed E-state index contributed by atoms with van der Waals surface area (Å²) in [4.78, 5) is 11.9. The Hall–Kier alpha value is -0.570. The summed E-state index contributed by atoms with van der Waals surface area (Å²) in [5.74, 6) is -0.124. The van der Waals surface area contributed by atoms with E-state index >= 15 is 0 Å². The molecule has 0 aliphatic rings. The number of carbonyl (C=O) groups excluding carboxylic acids is 1. The molecule has 3 heteroatoms. The summed E-state index contributed by atoms with van der Waals surface area (Å²) in [5, 5.41) is 3.46. The molecule has 0 aromatic carbocycles. The van der Waals surface area contributed by atoms with Crippen molar-refractivity contribution in [3.8, 4) is 0 Å². The molecule has 0 radical (unpaired) electrons. The molecule has 18 heavy (non-hydrogen) atoms. The minimum absolute atomic E-state index is 0.0646. The fourth-order valence-corrected chi connectivity index (χ4v) is 2.63. The van der Waals surface area contributed by atoms with Gasteiger partial charge in [0.25, 0.3) is 0 Å². The smallest absolute Gasteiger partial charge is 0.323 e.